The van der Waals surface area contributed by atoms with Gasteiger partial charge >= 0.3 is 29.2 Å². The Morgan fingerprint density at radius 2 is 1.57 bits per heavy atom. The van der Waals surface area contributed by atoms with Crippen LogP contribution in [0.5, 0.6) is 0 Å². The molecular formula is C21H24N3O15P3. The molecule has 228 valence electrons. The van der Waals surface area contributed by atoms with E-state index in [1.54, 1.807) is 24.3 Å². The highest BCUT2D eigenvalue weighted by Crippen LogP contribution is 2.66. The van der Waals surface area contributed by atoms with Gasteiger partial charge in [-0.25, -0.2) is 18.5 Å². The highest BCUT2D eigenvalue weighted by Gasteiger charge is 2.47. The topological polar surface area (TPSA) is 266 Å². The fourth-order valence-corrected chi connectivity index (χ4v) is 7.06. The molecule has 0 saturated carbocycles. The maximum atomic E-state index is 13.3. The maximum Gasteiger partial charge on any atom is 0.490 e. The van der Waals surface area contributed by atoms with Gasteiger partial charge in [0.15, 0.2) is 6.23 Å². The average Bonchev–Trinajstić information content (AvgIpc) is 3.17. The summed E-state index contributed by atoms with van der Waals surface area (Å²) in [5, 5.41) is 20.9. The van der Waals surface area contributed by atoms with Crippen LogP contribution in [0.2, 0.25) is 0 Å². The second-order valence-corrected chi connectivity index (χ2v) is 13.1. The normalized spacial score (nSPS) is 23.8. The van der Waals surface area contributed by atoms with Crippen LogP contribution in [-0.4, -0.2) is 68.8 Å². The van der Waals surface area contributed by atoms with Crippen molar-refractivity contribution in [2.45, 2.75) is 31.1 Å². The Kier molecular flexibility index (Phi) is 9.62. The molecule has 2 aromatic heterocycles. The molecule has 42 heavy (non-hydrogen) atoms. The molecule has 0 spiro atoms. The quantitative estimate of drug-likeness (QED) is 0.150. The number of hydrogen-bond acceptors (Lipinski definition) is 12. The Hall–Kier alpha value is -2.66. The van der Waals surface area contributed by atoms with Crippen molar-refractivity contribution in [1.82, 2.24) is 14.1 Å². The van der Waals surface area contributed by atoms with E-state index in [9.17, 15) is 43.3 Å². The summed E-state index contributed by atoms with van der Waals surface area (Å²) in [7, 11) is -17.0. The first kappa shape index (κ1) is 32.3. The molecule has 6 atom stereocenters. The predicted octanol–water partition coefficient (Wildman–Crippen LogP) is 0.0828. The number of benzene rings is 1. The van der Waals surface area contributed by atoms with E-state index in [-0.39, 0.29) is 6.54 Å². The third kappa shape index (κ3) is 7.83. The number of rotatable bonds is 11. The molecule has 3 heterocycles. The number of hydrogen-bond donors (Lipinski definition) is 6. The lowest BCUT2D eigenvalue weighted by atomic mass is 10.0. The molecule has 0 aliphatic carbocycles. The lowest BCUT2D eigenvalue weighted by Gasteiger charge is -2.19. The zero-order chi connectivity index (χ0) is 30.9. The molecule has 1 aliphatic heterocycles. The summed E-state index contributed by atoms with van der Waals surface area (Å²) < 4.78 is 52.9. The second-order valence-electron chi connectivity index (χ2n) is 8.73. The molecule has 0 radical (unpaired) electrons. The summed E-state index contributed by atoms with van der Waals surface area (Å²) in [6.45, 7) is -1.36. The largest absolute Gasteiger partial charge is 0.490 e. The van der Waals surface area contributed by atoms with Gasteiger partial charge in [-0.05, 0) is 11.6 Å². The molecule has 1 fully saturated rings. The van der Waals surface area contributed by atoms with Crippen LogP contribution in [-0.2, 0) is 38.1 Å². The van der Waals surface area contributed by atoms with Gasteiger partial charge in [-0.3, -0.25) is 23.4 Å². The summed E-state index contributed by atoms with van der Waals surface area (Å²) in [5.41, 5.74) is 0.137. The van der Waals surface area contributed by atoms with Gasteiger partial charge in [-0.1, -0.05) is 36.4 Å². The van der Waals surface area contributed by atoms with Crippen molar-refractivity contribution in [2.24, 2.45) is 0 Å². The van der Waals surface area contributed by atoms with Gasteiger partial charge < -0.3 is 34.5 Å². The monoisotopic (exact) mass is 651 g/mol. The van der Waals surface area contributed by atoms with Crippen LogP contribution in [0, 0.1) is 0 Å². The number of phosphoric ester groups is 1. The van der Waals surface area contributed by atoms with Gasteiger partial charge in [-0.15, -0.1) is 0 Å². The summed E-state index contributed by atoms with van der Waals surface area (Å²) >= 11 is 0. The Balaban J connectivity index is 1.53. The predicted molar refractivity (Wildman–Crippen MR) is 139 cm³/mol. The number of pyridine rings is 1. The first-order valence-corrected chi connectivity index (χ1v) is 16.2. The van der Waals surface area contributed by atoms with Crippen molar-refractivity contribution >= 4 is 23.5 Å². The van der Waals surface area contributed by atoms with Gasteiger partial charge in [0.05, 0.1) is 18.8 Å². The molecule has 1 saturated heterocycles. The Morgan fingerprint density at radius 1 is 0.881 bits per heavy atom. The highest BCUT2D eigenvalue weighted by molar-refractivity contribution is 7.66. The summed E-state index contributed by atoms with van der Waals surface area (Å²) in [5.74, 6) is 0. The molecule has 1 aromatic carbocycles. The number of aliphatic hydroxyl groups excluding tert-OH is 2. The van der Waals surface area contributed by atoms with Gasteiger partial charge in [0, 0.05) is 24.0 Å². The van der Waals surface area contributed by atoms with Crippen molar-refractivity contribution in [1.29, 1.82) is 0 Å². The fourth-order valence-electron chi connectivity index (χ4n) is 4.03. The van der Waals surface area contributed by atoms with Crippen LogP contribution in [0.1, 0.15) is 11.9 Å². The Bertz CT molecular complexity index is 1690. The van der Waals surface area contributed by atoms with Crippen LogP contribution in [0.4, 0.5) is 0 Å². The average molecular weight is 651 g/mol. The van der Waals surface area contributed by atoms with E-state index in [2.05, 4.69) is 18.1 Å². The van der Waals surface area contributed by atoms with E-state index < -0.39 is 65.9 Å². The van der Waals surface area contributed by atoms with Crippen molar-refractivity contribution in [3.63, 3.8) is 0 Å². The van der Waals surface area contributed by atoms with Gasteiger partial charge in [0.2, 0.25) is 0 Å². The summed E-state index contributed by atoms with van der Waals surface area (Å²) in [6.07, 6.45) is -4.47. The molecular weight excluding hydrogens is 627 g/mol. The first-order chi connectivity index (χ1) is 19.6. The smallest absolute Gasteiger partial charge is 0.387 e. The number of aliphatic hydroxyl groups is 2. The van der Waals surface area contributed by atoms with Crippen LogP contribution in [0.25, 0.3) is 11.1 Å². The molecule has 21 heteroatoms. The van der Waals surface area contributed by atoms with E-state index in [1.165, 1.54) is 6.20 Å². The van der Waals surface area contributed by atoms with Gasteiger partial charge in [0.25, 0.3) is 5.56 Å². The zero-order valence-corrected chi connectivity index (χ0v) is 23.7. The van der Waals surface area contributed by atoms with E-state index in [0.29, 0.717) is 11.3 Å². The second kappa shape index (κ2) is 12.5. The van der Waals surface area contributed by atoms with Gasteiger partial charge in [0.1, 0.15) is 18.3 Å². The minimum absolute atomic E-state index is 0.273. The zero-order valence-electron chi connectivity index (χ0n) is 21.0. The van der Waals surface area contributed by atoms with E-state index >= 15 is 0 Å². The Labute approximate surface area is 235 Å². The lowest BCUT2D eigenvalue weighted by molar-refractivity contribution is -0.0547. The van der Waals surface area contributed by atoms with E-state index in [4.69, 9.17) is 14.5 Å². The standard InChI is InChI=1S/C21H24N3O15P3/c25-17-8-10-23(21(28)24(17)11-15-14(7-4-9-22-15)13-5-2-1-3-6-13)20-19(27)18(26)16(37-20)12-36-41(32,33)39-42(34,35)38-40(29,30)31/h1-10,16,18-20,26-27H,11-12H2,(H,32,33)(H,34,35)(H2,29,30,31)/t16-,18?,19+,20-/m1/s1. The third-order valence-corrected chi connectivity index (χ3v) is 9.61. The van der Waals surface area contributed by atoms with Crippen LogP contribution in [0.3, 0.4) is 0 Å². The van der Waals surface area contributed by atoms with Crippen molar-refractivity contribution < 1.29 is 61.4 Å². The fraction of sp³-hybridized carbons (Fsp3) is 0.286. The number of aromatic nitrogens is 3. The maximum absolute atomic E-state index is 13.3. The minimum atomic E-state index is -5.79. The van der Waals surface area contributed by atoms with E-state index in [0.717, 1.165) is 27.0 Å². The molecule has 6 N–H and O–H groups in total. The first-order valence-electron chi connectivity index (χ1n) is 11.7. The molecule has 0 amide bonds. The van der Waals surface area contributed by atoms with Crippen molar-refractivity contribution in [3.8, 4) is 11.1 Å². The highest BCUT2D eigenvalue weighted by atomic mass is 31.3. The third-order valence-electron chi connectivity index (χ3n) is 5.81. The lowest BCUT2D eigenvalue weighted by Crippen LogP contribution is -2.43. The molecule has 1 aliphatic rings. The Morgan fingerprint density at radius 3 is 2.24 bits per heavy atom. The molecule has 18 nitrogen and oxygen atoms in total. The molecule has 3 unspecified atom stereocenters. The summed E-state index contributed by atoms with van der Waals surface area (Å²) in [4.78, 5) is 66.4. The number of phosphoric acid groups is 3. The molecule has 3 aromatic rings. The summed E-state index contributed by atoms with van der Waals surface area (Å²) in [6, 6.07) is 13.5. The molecule has 0 bridgehead atoms. The van der Waals surface area contributed by atoms with Gasteiger partial charge in [-0.2, -0.15) is 8.62 Å². The van der Waals surface area contributed by atoms with Crippen LogP contribution < -0.4 is 11.2 Å². The minimum Gasteiger partial charge on any atom is -0.387 e. The van der Waals surface area contributed by atoms with Crippen molar-refractivity contribution in [3.05, 3.63) is 87.5 Å². The number of nitrogens with zero attached hydrogens (tertiary/aromatic N) is 3. The van der Waals surface area contributed by atoms with Crippen LogP contribution in [0.15, 0.2) is 70.5 Å². The SMILES string of the molecule is O=c1ccn([C@@H]2O[C@H](COP(=O)(O)OP(=O)(O)OP(=O)(O)O)C(O)[C@@H]2O)c(=O)n1Cc1ncccc1-c1ccccc1. The van der Waals surface area contributed by atoms with E-state index in [1.807, 2.05) is 18.2 Å². The number of ether oxygens (including phenoxy) is 1. The van der Waals surface area contributed by atoms with Crippen molar-refractivity contribution in [2.75, 3.05) is 6.61 Å². The van der Waals surface area contributed by atoms with Crippen LogP contribution >= 0.6 is 23.5 Å². The molecule has 4 rings (SSSR count).